The van der Waals surface area contributed by atoms with Crippen LogP contribution < -0.4 is 16.6 Å². The first-order valence-electron chi connectivity index (χ1n) is 2.27. The maximum absolute atomic E-state index is 11.8. The summed E-state index contributed by atoms with van der Waals surface area (Å²) in [4.78, 5) is 10.0. The number of rotatable bonds is 2. The third-order valence-electron chi connectivity index (χ3n) is 0.621. The van der Waals surface area contributed by atoms with Crippen LogP contribution in [0.2, 0.25) is 0 Å². The number of alkyl halides is 3. The average molecular weight is 157 g/mol. The van der Waals surface area contributed by atoms with E-state index in [0.717, 1.165) is 0 Å². The average Bonchev–Trinajstić information content (AvgIpc) is 1.87. The summed E-state index contributed by atoms with van der Waals surface area (Å²) in [5, 5.41) is 1.24. The summed E-state index contributed by atoms with van der Waals surface area (Å²) in [6, 6.07) is -1.19. The van der Waals surface area contributed by atoms with Crippen molar-refractivity contribution >= 4 is 6.03 Å². The van der Waals surface area contributed by atoms with Gasteiger partial charge in [-0.1, -0.05) is 0 Å². The van der Waals surface area contributed by atoms with Crippen LogP contribution in [0.25, 0.3) is 0 Å². The molecule has 2 amide bonds. The molecule has 0 aromatic heterocycles. The molecule has 4 nitrogen and oxygen atoms in total. The second-order valence-electron chi connectivity index (χ2n) is 1.35. The van der Waals surface area contributed by atoms with E-state index in [9.17, 15) is 18.0 Å². The summed E-state index contributed by atoms with van der Waals surface area (Å²) in [6.45, 7) is 0. The number of carbonyl (C=O) groups is 1. The van der Waals surface area contributed by atoms with Gasteiger partial charge in [0.15, 0.2) is 0 Å². The number of urea groups is 1. The molecule has 0 bridgehead atoms. The molecule has 0 fully saturated rings. The molecule has 0 rings (SSSR count). The topological polar surface area (TPSA) is 67.1 Å². The van der Waals surface area contributed by atoms with Gasteiger partial charge in [0.05, 0.1) is 0 Å². The normalized spacial score (nSPS) is 12.9. The summed E-state index contributed by atoms with van der Waals surface area (Å²) in [5.41, 5.74) is 1.43. The Hall–Kier alpha value is -0.980. The predicted molar refractivity (Wildman–Crippen MR) is 26.8 cm³/mol. The molecule has 0 radical (unpaired) electrons. The molecule has 0 saturated carbocycles. The van der Waals surface area contributed by atoms with Gasteiger partial charge in [-0.05, 0) is 0 Å². The zero-order valence-corrected chi connectivity index (χ0v) is 4.77. The lowest BCUT2D eigenvalue weighted by atomic mass is 10.6. The van der Waals surface area contributed by atoms with Gasteiger partial charge in [0.2, 0.25) is 6.30 Å². The Balaban J connectivity index is 3.57. The second kappa shape index (κ2) is 3.94. The highest BCUT2D eigenvalue weighted by Crippen LogP contribution is 2.00. The van der Waals surface area contributed by atoms with E-state index in [0.29, 0.717) is 0 Å². The number of hydrazine groups is 1. The summed E-state index contributed by atoms with van der Waals surface area (Å²) >= 11 is 0. The molecule has 0 spiro atoms. The Kier molecular flexibility index (Phi) is 3.55. The molecule has 10 heavy (non-hydrogen) atoms. The molecule has 0 aromatic rings. The van der Waals surface area contributed by atoms with Gasteiger partial charge in [0.1, 0.15) is 0 Å². The number of nitrogens with two attached hydrogens (primary N) is 1. The molecular weight excluding hydrogens is 151 g/mol. The smallest absolute Gasteiger partial charge is 0.302 e. The Morgan fingerprint density at radius 3 is 2.20 bits per heavy atom. The molecule has 0 aliphatic heterocycles. The highest BCUT2D eigenvalue weighted by atomic mass is 19.3. The summed E-state index contributed by atoms with van der Waals surface area (Å²) < 4.78 is 34.3. The van der Waals surface area contributed by atoms with E-state index in [1.165, 1.54) is 10.7 Å². The van der Waals surface area contributed by atoms with Crippen LogP contribution in [0.4, 0.5) is 18.0 Å². The molecule has 0 heterocycles. The Bertz CT molecular complexity index is 120. The molecule has 4 N–H and O–H groups in total. The third kappa shape index (κ3) is 3.13. The van der Waals surface area contributed by atoms with Crippen LogP contribution in [0.15, 0.2) is 0 Å². The molecule has 7 heteroatoms. The molecule has 1 atom stereocenters. The number of nitrogens with one attached hydrogen (secondary N) is 2. The van der Waals surface area contributed by atoms with E-state index in [2.05, 4.69) is 5.84 Å². The molecule has 0 aliphatic carbocycles. The van der Waals surface area contributed by atoms with Crippen molar-refractivity contribution in [2.45, 2.75) is 12.7 Å². The van der Waals surface area contributed by atoms with Crippen molar-refractivity contribution in [3.63, 3.8) is 0 Å². The fourth-order valence-corrected chi connectivity index (χ4v) is 0.230. The van der Waals surface area contributed by atoms with Crippen LogP contribution in [-0.2, 0) is 0 Å². The van der Waals surface area contributed by atoms with Gasteiger partial charge in [0.25, 0.3) is 6.43 Å². The van der Waals surface area contributed by atoms with E-state index >= 15 is 0 Å². The van der Waals surface area contributed by atoms with Crippen LogP contribution in [-0.4, -0.2) is 18.8 Å². The van der Waals surface area contributed by atoms with Crippen LogP contribution in [0, 0.1) is 0 Å². The monoisotopic (exact) mass is 157 g/mol. The second-order valence-corrected chi connectivity index (χ2v) is 1.35. The minimum Gasteiger partial charge on any atom is -0.302 e. The highest BCUT2D eigenvalue weighted by Gasteiger charge is 2.20. The van der Waals surface area contributed by atoms with Crippen molar-refractivity contribution in [3.8, 4) is 0 Å². The first-order chi connectivity index (χ1) is 4.57. The largest absolute Gasteiger partial charge is 0.331 e. The fraction of sp³-hybridized carbons (Fsp3) is 0.667. The van der Waals surface area contributed by atoms with Crippen LogP contribution in [0.1, 0.15) is 0 Å². The van der Waals surface area contributed by atoms with Crippen molar-refractivity contribution in [2.24, 2.45) is 5.84 Å². The summed E-state index contributed by atoms with van der Waals surface area (Å²) in [6.07, 6.45) is -5.92. The zero-order chi connectivity index (χ0) is 8.15. The van der Waals surface area contributed by atoms with Crippen LogP contribution in [0.5, 0.6) is 0 Å². The molecular formula is C3H6F3N3O. The van der Waals surface area contributed by atoms with Gasteiger partial charge in [-0.2, -0.15) is 0 Å². The van der Waals surface area contributed by atoms with Crippen LogP contribution in [0.3, 0.4) is 0 Å². The first-order valence-corrected chi connectivity index (χ1v) is 2.27. The molecule has 0 aromatic carbocycles. The van der Waals surface area contributed by atoms with E-state index in [1.807, 2.05) is 0 Å². The number of halogens is 3. The van der Waals surface area contributed by atoms with Crippen molar-refractivity contribution in [3.05, 3.63) is 0 Å². The van der Waals surface area contributed by atoms with Crippen molar-refractivity contribution < 1.29 is 18.0 Å². The van der Waals surface area contributed by atoms with Crippen LogP contribution >= 0.6 is 0 Å². The Morgan fingerprint density at radius 2 is 1.90 bits per heavy atom. The number of hydrogen-bond acceptors (Lipinski definition) is 2. The predicted octanol–water partition coefficient (Wildman–Crippen LogP) is -0.280. The molecule has 60 valence electrons. The fourth-order valence-electron chi connectivity index (χ4n) is 0.230. The van der Waals surface area contributed by atoms with Crippen molar-refractivity contribution in [1.29, 1.82) is 0 Å². The van der Waals surface area contributed by atoms with Gasteiger partial charge in [-0.15, -0.1) is 0 Å². The Morgan fingerprint density at radius 1 is 1.40 bits per heavy atom. The zero-order valence-electron chi connectivity index (χ0n) is 4.77. The number of hydrogen-bond donors (Lipinski definition) is 3. The van der Waals surface area contributed by atoms with E-state index in [-0.39, 0.29) is 0 Å². The lowest BCUT2D eigenvalue weighted by molar-refractivity contribution is 0.0369. The van der Waals surface area contributed by atoms with Crippen molar-refractivity contribution in [1.82, 2.24) is 10.7 Å². The van der Waals surface area contributed by atoms with E-state index in [1.54, 1.807) is 0 Å². The first kappa shape index (κ1) is 9.02. The lowest BCUT2D eigenvalue weighted by Crippen LogP contribution is -2.45. The third-order valence-corrected chi connectivity index (χ3v) is 0.621. The summed E-state index contributed by atoms with van der Waals surface area (Å²) in [7, 11) is 0. The SMILES string of the molecule is NNC(=O)NC(F)C(F)F. The van der Waals surface area contributed by atoms with Gasteiger partial charge in [0, 0.05) is 0 Å². The van der Waals surface area contributed by atoms with Crippen molar-refractivity contribution in [2.75, 3.05) is 0 Å². The minimum atomic E-state index is -3.24. The van der Waals surface area contributed by atoms with Gasteiger partial charge >= 0.3 is 6.03 Å². The maximum atomic E-state index is 11.8. The number of amides is 2. The van der Waals surface area contributed by atoms with E-state index in [4.69, 9.17) is 0 Å². The Labute approximate surface area is 54.5 Å². The van der Waals surface area contributed by atoms with Gasteiger partial charge in [-0.3, -0.25) is 5.43 Å². The van der Waals surface area contributed by atoms with E-state index < -0.39 is 18.8 Å². The standard InChI is InChI=1S/C3H6F3N3O/c4-1(5)2(6)8-3(10)9-7/h1-2H,7H2,(H2,8,9,10). The maximum Gasteiger partial charge on any atom is 0.331 e. The molecule has 0 aliphatic rings. The minimum absolute atomic E-state index is 1.19. The number of carbonyl (C=O) groups excluding carboxylic acids is 1. The van der Waals surface area contributed by atoms with Gasteiger partial charge < -0.3 is 5.32 Å². The lowest BCUT2D eigenvalue weighted by Gasteiger charge is -2.07. The molecule has 1 unspecified atom stereocenters. The van der Waals surface area contributed by atoms with Gasteiger partial charge in [-0.25, -0.2) is 23.8 Å². The quantitative estimate of drug-likeness (QED) is 0.223. The molecule has 0 saturated heterocycles. The highest BCUT2D eigenvalue weighted by molar-refractivity contribution is 5.73. The summed E-state index contributed by atoms with van der Waals surface area (Å²) in [5.74, 6) is 4.45.